The van der Waals surface area contributed by atoms with Crippen LogP contribution in [0.5, 0.6) is 5.75 Å². The van der Waals surface area contributed by atoms with E-state index in [1.54, 1.807) is 13.8 Å². The summed E-state index contributed by atoms with van der Waals surface area (Å²) in [7, 11) is 1.51. The molecule has 0 saturated carbocycles. The van der Waals surface area contributed by atoms with Crippen molar-refractivity contribution in [2.24, 2.45) is 0 Å². The lowest BCUT2D eigenvalue weighted by Gasteiger charge is -2.08. The molecule has 0 N–H and O–H groups in total. The van der Waals surface area contributed by atoms with E-state index in [2.05, 4.69) is 6.20 Å². The highest BCUT2D eigenvalue weighted by Crippen LogP contribution is 2.25. The van der Waals surface area contributed by atoms with Crippen molar-refractivity contribution in [3.05, 3.63) is 27.7 Å². The summed E-state index contributed by atoms with van der Waals surface area (Å²) in [6, 6.07) is 0. The predicted molar refractivity (Wildman–Crippen MR) is 45.3 cm³/mol. The van der Waals surface area contributed by atoms with E-state index in [-0.39, 0.29) is 0 Å². The van der Waals surface area contributed by atoms with Gasteiger partial charge in [-0.3, -0.25) is 0 Å². The fourth-order valence-electron chi connectivity index (χ4n) is 1.02. The lowest BCUT2D eigenvalue weighted by atomic mass is 10.2. The number of nitrogens with zero attached hydrogens (tertiary/aromatic N) is 1. The van der Waals surface area contributed by atoms with Crippen LogP contribution in [-0.4, -0.2) is 7.11 Å². The number of aromatic nitrogens is 1. The highest BCUT2D eigenvalue weighted by Gasteiger charge is 2.15. The van der Waals surface area contributed by atoms with Crippen molar-refractivity contribution in [2.75, 3.05) is 7.11 Å². The second-order valence-corrected chi connectivity index (χ2v) is 2.84. The minimum Gasteiger partial charge on any atom is -0.618 e. The van der Waals surface area contributed by atoms with Gasteiger partial charge in [-0.25, -0.2) is 0 Å². The first-order valence-electron chi connectivity index (χ1n) is 3.43. The summed E-state index contributed by atoms with van der Waals surface area (Å²) in [5.41, 5.74) is 1.21. The molecule has 0 aromatic carbocycles. The number of hydrogen-bond donors (Lipinski definition) is 0. The molecular weight excluding hydrogens is 178 g/mol. The molecule has 0 fully saturated rings. The summed E-state index contributed by atoms with van der Waals surface area (Å²) in [4.78, 5) is 0. The van der Waals surface area contributed by atoms with Crippen molar-refractivity contribution in [1.82, 2.24) is 0 Å². The predicted octanol–water partition coefficient (Wildman–Crippen LogP) is 1.40. The maximum absolute atomic E-state index is 11.1. The van der Waals surface area contributed by atoms with Gasteiger partial charge in [0.05, 0.1) is 7.11 Å². The van der Waals surface area contributed by atoms with Crippen LogP contribution in [0.15, 0.2) is 0 Å². The quantitative estimate of drug-likeness (QED) is 0.491. The van der Waals surface area contributed by atoms with E-state index in [0.717, 1.165) is 5.56 Å². The molecule has 0 aliphatic rings. The Hall–Kier alpha value is -0.960. The molecular formula is C8H9ClNO2. The molecule has 4 heteroatoms. The van der Waals surface area contributed by atoms with Gasteiger partial charge in [0.25, 0.3) is 0 Å². The summed E-state index contributed by atoms with van der Waals surface area (Å²) >= 11 is 5.71. The van der Waals surface area contributed by atoms with Crippen molar-refractivity contribution < 1.29 is 9.47 Å². The standard InChI is InChI=1S/C8H9ClNO2/c1-5-7(9)4-10(11)6(2)8(5)12-3/h1-3H3. The van der Waals surface area contributed by atoms with Gasteiger partial charge in [-0.1, -0.05) is 11.6 Å². The molecule has 0 unspecified atom stereocenters. The number of methoxy groups -OCH3 is 1. The summed E-state index contributed by atoms with van der Waals surface area (Å²) in [5, 5.41) is 11.4. The minimum atomic E-state index is 0.299. The summed E-state index contributed by atoms with van der Waals surface area (Å²) in [5.74, 6) is 0.522. The van der Waals surface area contributed by atoms with E-state index in [1.807, 2.05) is 0 Å². The third-order valence-electron chi connectivity index (χ3n) is 1.71. The number of pyridine rings is 1. The summed E-state index contributed by atoms with van der Waals surface area (Å²) in [6.45, 7) is 3.44. The van der Waals surface area contributed by atoms with Crippen molar-refractivity contribution in [2.45, 2.75) is 13.8 Å². The molecule has 0 amide bonds. The fourth-order valence-corrected chi connectivity index (χ4v) is 1.18. The lowest BCUT2D eigenvalue weighted by molar-refractivity contribution is -0.617. The normalized spacial score (nSPS) is 10.0. The average Bonchev–Trinajstić information content (AvgIpc) is 2.02. The van der Waals surface area contributed by atoms with Gasteiger partial charge in [-0.2, -0.15) is 4.73 Å². The van der Waals surface area contributed by atoms with Crippen LogP contribution < -0.4 is 9.47 Å². The van der Waals surface area contributed by atoms with Gasteiger partial charge in [0.2, 0.25) is 5.69 Å². The minimum absolute atomic E-state index is 0.299. The van der Waals surface area contributed by atoms with E-state index < -0.39 is 0 Å². The highest BCUT2D eigenvalue weighted by atomic mass is 35.5. The van der Waals surface area contributed by atoms with Crippen LogP contribution in [0, 0.1) is 25.3 Å². The Kier molecular flexibility index (Phi) is 2.43. The van der Waals surface area contributed by atoms with Gasteiger partial charge in [-0.05, 0) is 6.92 Å². The van der Waals surface area contributed by atoms with E-state index >= 15 is 0 Å². The Morgan fingerprint density at radius 3 is 2.58 bits per heavy atom. The molecule has 0 bridgehead atoms. The van der Waals surface area contributed by atoms with Gasteiger partial charge in [0, 0.05) is 12.5 Å². The Morgan fingerprint density at radius 2 is 2.08 bits per heavy atom. The smallest absolute Gasteiger partial charge is 0.311 e. The summed E-state index contributed by atoms with van der Waals surface area (Å²) < 4.78 is 5.59. The molecule has 1 aromatic rings. The molecule has 0 saturated heterocycles. The third kappa shape index (κ3) is 1.32. The van der Waals surface area contributed by atoms with Crippen LogP contribution in [0.25, 0.3) is 0 Å². The van der Waals surface area contributed by atoms with E-state index in [9.17, 15) is 5.21 Å². The zero-order valence-corrected chi connectivity index (χ0v) is 7.90. The maximum atomic E-state index is 11.1. The first-order chi connectivity index (χ1) is 5.57. The third-order valence-corrected chi connectivity index (χ3v) is 2.07. The summed E-state index contributed by atoms with van der Waals surface area (Å²) in [6.07, 6.45) is 2.43. The molecule has 0 spiro atoms. The second kappa shape index (κ2) is 3.19. The van der Waals surface area contributed by atoms with Crippen molar-refractivity contribution in [3.63, 3.8) is 0 Å². The number of rotatable bonds is 1. The topological polar surface area (TPSA) is 36.2 Å². The molecule has 65 valence electrons. The maximum Gasteiger partial charge on any atom is 0.311 e. The zero-order chi connectivity index (χ0) is 9.30. The molecule has 1 heterocycles. The number of ether oxygens (including phenoxy) is 1. The van der Waals surface area contributed by atoms with E-state index in [0.29, 0.717) is 21.2 Å². The molecule has 1 rings (SSSR count). The molecule has 0 aliphatic heterocycles. The second-order valence-electron chi connectivity index (χ2n) is 2.46. The van der Waals surface area contributed by atoms with Crippen molar-refractivity contribution in [3.8, 4) is 5.75 Å². The Labute approximate surface area is 76.1 Å². The van der Waals surface area contributed by atoms with Crippen LogP contribution in [0.3, 0.4) is 0 Å². The van der Waals surface area contributed by atoms with Crippen LogP contribution in [0.4, 0.5) is 0 Å². The zero-order valence-electron chi connectivity index (χ0n) is 7.14. The monoisotopic (exact) mass is 186 g/mol. The Bertz CT molecular complexity index is 286. The van der Waals surface area contributed by atoms with Gasteiger partial charge < -0.3 is 9.94 Å². The Balaban J connectivity index is 3.42. The number of halogens is 1. The van der Waals surface area contributed by atoms with Crippen molar-refractivity contribution in [1.29, 1.82) is 0 Å². The highest BCUT2D eigenvalue weighted by molar-refractivity contribution is 6.31. The molecule has 1 aromatic heterocycles. The first-order valence-corrected chi connectivity index (χ1v) is 3.81. The van der Waals surface area contributed by atoms with Gasteiger partial charge in [-0.15, -0.1) is 0 Å². The van der Waals surface area contributed by atoms with Crippen LogP contribution in [-0.2, 0) is 0 Å². The molecule has 1 radical (unpaired) electrons. The lowest BCUT2D eigenvalue weighted by Crippen LogP contribution is -2.31. The van der Waals surface area contributed by atoms with Gasteiger partial charge in [0.1, 0.15) is 5.02 Å². The van der Waals surface area contributed by atoms with Gasteiger partial charge in [0.15, 0.2) is 5.75 Å². The number of hydrogen-bond acceptors (Lipinski definition) is 2. The largest absolute Gasteiger partial charge is 0.618 e. The molecule has 0 atom stereocenters. The van der Waals surface area contributed by atoms with Gasteiger partial charge >= 0.3 is 6.20 Å². The van der Waals surface area contributed by atoms with E-state index in [4.69, 9.17) is 16.3 Å². The van der Waals surface area contributed by atoms with Crippen LogP contribution >= 0.6 is 11.6 Å². The average molecular weight is 187 g/mol. The van der Waals surface area contributed by atoms with Crippen LogP contribution in [0.2, 0.25) is 5.02 Å². The van der Waals surface area contributed by atoms with Crippen molar-refractivity contribution >= 4 is 11.6 Å². The first kappa shape index (κ1) is 9.13. The Morgan fingerprint density at radius 1 is 1.50 bits per heavy atom. The fraction of sp³-hybridized carbons (Fsp3) is 0.375. The molecule has 3 nitrogen and oxygen atoms in total. The molecule has 0 aliphatic carbocycles. The van der Waals surface area contributed by atoms with Crippen LogP contribution in [0.1, 0.15) is 11.3 Å². The molecule has 12 heavy (non-hydrogen) atoms. The SMILES string of the molecule is COc1c(C)c(Cl)[c][n+]([O-])c1C. The van der Waals surface area contributed by atoms with E-state index in [1.165, 1.54) is 7.11 Å².